The van der Waals surface area contributed by atoms with Crippen LogP contribution in [0.1, 0.15) is 24.8 Å². The first-order valence-electron chi connectivity index (χ1n) is 10.9. The maximum atomic E-state index is 13.9. The van der Waals surface area contributed by atoms with Gasteiger partial charge in [-0.2, -0.15) is 4.31 Å². The number of aryl methyl sites for hydroxylation is 1. The summed E-state index contributed by atoms with van der Waals surface area (Å²) in [7, 11) is 0.136. The SMILES string of the molecule is Cc1cc(Cl)cc2sc(N(CCCN(C)C)C(=O)C3CCCN3S(=O)(=O)c3ccc(Cl)s3)nc12. The molecule has 0 N–H and O–H groups in total. The van der Waals surface area contributed by atoms with Crippen LogP contribution in [0.2, 0.25) is 9.36 Å². The van der Waals surface area contributed by atoms with Crippen LogP contribution >= 0.6 is 45.9 Å². The third kappa shape index (κ3) is 5.28. The summed E-state index contributed by atoms with van der Waals surface area (Å²) >= 11 is 14.6. The molecule has 4 rings (SSSR count). The van der Waals surface area contributed by atoms with Crippen molar-refractivity contribution >= 4 is 77.2 Å². The highest BCUT2D eigenvalue weighted by Gasteiger charge is 2.42. The van der Waals surface area contributed by atoms with Gasteiger partial charge in [0.2, 0.25) is 5.91 Å². The summed E-state index contributed by atoms with van der Waals surface area (Å²) in [5.74, 6) is -0.245. The van der Waals surface area contributed by atoms with E-state index in [1.54, 1.807) is 11.0 Å². The highest BCUT2D eigenvalue weighted by atomic mass is 35.5. The molecule has 1 fully saturated rings. The first-order chi connectivity index (χ1) is 16.1. The maximum absolute atomic E-state index is 13.9. The molecule has 3 heterocycles. The number of aromatic nitrogens is 1. The number of hydrogen-bond acceptors (Lipinski definition) is 7. The minimum atomic E-state index is -3.82. The molecule has 0 radical (unpaired) electrons. The van der Waals surface area contributed by atoms with Gasteiger partial charge in [-0.25, -0.2) is 13.4 Å². The van der Waals surface area contributed by atoms with E-state index < -0.39 is 16.1 Å². The van der Waals surface area contributed by atoms with Crippen LogP contribution in [0.15, 0.2) is 28.5 Å². The molecule has 1 saturated heterocycles. The second-order valence-electron chi connectivity index (χ2n) is 8.54. The normalized spacial score (nSPS) is 17.2. The molecule has 1 atom stereocenters. The number of sulfonamides is 1. The van der Waals surface area contributed by atoms with Gasteiger partial charge in [-0.1, -0.05) is 34.5 Å². The molecule has 0 spiro atoms. The predicted molar refractivity (Wildman–Crippen MR) is 141 cm³/mol. The van der Waals surface area contributed by atoms with E-state index >= 15 is 0 Å². The number of thiophene rings is 1. The van der Waals surface area contributed by atoms with Crippen LogP contribution < -0.4 is 4.90 Å². The van der Waals surface area contributed by atoms with Crippen LogP contribution in [0.4, 0.5) is 5.13 Å². The number of amides is 1. The number of carbonyl (C=O) groups excluding carboxylic acids is 1. The molecule has 3 aromatic rings. The molecule has 1 aliphatic rings. The molecule has 1 aromatic carbocycles. The fraction of sp³-hybridized carbons (Fsp3) is 0.455. The first-order valence-corrected chi connectivity index (χ1v) is 14.7. The van der Waals surface area contributed by atoms with E-state index in [4.69, 9.17) is 28.2 Å². The largest absolute Gasteiger partial charge is 0.309 e. The zero-order chi connectivity index (χ0) is 24.6. The van der Waals surface area contributed by atoms with Gasteiger partial charge in [-0.05, 0) is 76.7 Å². The number of halogens is 2. The van der Waals surface area contributed by atoms with Crippen LogP contribution in [0.25, 0.3) is 10.2 Å². The summed E-state index contributed by atoms with van der Waals surface area (Å²) in [6.45, 7) is 3.47. The van der Waals surface area contributed by atoms with Crippen LogP contribution in [0, 0.1) is 6.92 Å². The molecule has 1 unspecified atom stereocenters. The summed E-state index contributed by atoms with van der Waals surface area (Å²) in [6.07, 6.45) is 1.82. The van der Waals surface area contributed by atoms with Gasteiger partial charge in [0.05, 0.1) is 14.6 Å². The number of rotatable bonds is 8. The monoisotopic (exact) mass is 560 g/mol. The van der Waals surface area contributed by atoms with Crippen molar-refractivity contribution in [1.82, 2.24) is 14.2 Å². The second kappa shape index (κ2) is 10.4. The summed E-state index contributed by atoms with van der Waals surface area (Å²) in [4.78, 5) is 22.3. The molecule has 12 heteroatoms. The summed E-state index contributed by atoms with van der Waals surface area (Å²) < 4.78 is 29.4. The highest BCUT2D eigenvalue weighted by Crippen LogP contribution is 2.36. The Morgan fingerprint density at radius 3 is 2.65 bits per heavy atom. The quantitative estimate of drug-likeness (QED) is 0.382. The van der Waals surface area contributed by atoms with Gasteiger partial charge in [0.25, 0.3) is 10.0 Å². The van der Waals surface area contributed by atoms with E-state index in [0.717, 1.165) is 40.1 Å². The number of anilines is 1. The number of carbonyl (C=O) groups is 1. The number of nitrogens with zero attached hydrogens (tertiary/aromatic N) is 4. The molecular weight excluding hydrogens is 535 g/mol. The molecule has 1 amide bonds. The lowest BCUT2D eigenvalue weighted by atomic mass is 10.2. The molecule has 2 aromatic heterocycles. The van der Waals surface area contributed by atoms with E-state index in [1.807, 2.05) is 33.2 Å². The van der Waals surface area contributed by atoms with Crippen LogP contribution in [0.3, 0.4) is 0 Å². The number of fused-ring (bicyclic) bond motifs is 1. The third-order valence-electron chi connectivity index (χ3n) is 5.72. The van der Waals surface area contributed by atoms with Crippen molar-refractivity contribution in [2.75, 3.05) is 38.6 Å². The predicted octanol–water partition coefficient (Wildman–Crippen LogP) is 5.11. The Hall–Kier alpha value is -1.27. The molecule has 34 heavy (non-hydrogen) atoms. The Kier molecular flexibility index (Phi) is 7.88. The Bertz CT molecular complexity index is 1310. The highest BCUT2D eigenvalue weighted by molar-refractivity contribution is 7.91. The van der Waals surface area contributed by atoms with Crippen molar-refractivity contribution in [1.29, 1.82) is 0 Å². The molecule has 7 nitrogen and oxygen atoms in total. The Balaban J connectivity index is 1.68. The van der Waals surface area contributed by atoms with Crippen molar-refractivity contribution in [3.63, 3.8) is 0 Å². The van der Waals surface area contributed by atoms with E-state index in [9.17, 15) is 13.2 Å². The Labute approximate surface area is 217 Å². The fourth-order valence-corrected chi connectivity index (χ4v) is 8.82. The lowest BCUT2D eigenvalue weighted by Crippen LogP contribution is -2.48. The van der Waals surface area contributed by atoms with Crippen LogP contribution in [0.5, 0.6) is 0 Å². The number of hydrogen-bond donors (Lipinski definition) is 0. The van der Waals surface area contributed by atoms with Crippen molar-refractivity contribution < 1.29 is 13.2 Å². The first kappa shape index (κ1) is 25.8. The topological polar surface area (TPSA) is 73.8 Å². The molecule has 0 saturated carbocycles. The van der Waals surface area contributed by atoms with Crippen LogP contribution in [-0.4, -0.2) is 68.3 Å². The molecule has 1 aliphatic heterocycles. The standard InChI is InChI=1S/C22H26Cl2N4O3S3/c1-14-12-15(23)13-17-20(14)25-22(32-17)27(10-5-9-26(2)3)21(29)16-6-4-11-28(16)34(30,31)19-8-7-18(24)33-19/h7-8,12-13,16H,4-6,9-11H2,1-3H3. The molecule has 184 valence electrons. The Morgan fingerprint density at radius 2 is 1.97 bits per heavy atom. The van der Waals surface area contributed by atoms with E-state index in [2.05, 4.69) is 4.90 Å². The maximum Gasteiger partial charge on any atom is 0.253 e. The number of benzene rings is 1. The molecular formula is C22H26Cl2N4O3S3. The zero-order valence-electron chi connectivity index (χ0n) is 19.1. The summed E-state index contributed by atoms with van der Waals surface area (Å²) in [5, 5.41) is 1.18. The van der Waals surface area contributed by atoms with Gasteiger partial charge < -0.3 is 4.90 Å². The lowest BCUT2D eigenvalue weighted by Gasteiger charge is -2.28. The Morgan fingerprint density at radius 1 is 1.21 bits per heavy atom. The minimum Gasteiger partial charge on any atom is -0.309 e. The van der Waals surface area contributed by atoms with Crippen molar-refractivity contribution in [3.8, 4) is 0 Å². The van der Waals surface area contributed by atoms with Crippen molar-refractivity contribution in [2.24, 2.45) is 0 Å². The van der Waals surface area contributed by atoms with Gasteiger partial charge in [-0.15, -0.1) is 11.3 Å². The van der Waals surface area contributed by atoms with E-state index in [1.165, 1.54) is 21.7 Å². The van der Waals surface area contributed by atoms with Crippen molar-refractivity contribution in [2.45, 2.75) is 36.4 Å². The smallest absolute Gasteiger partial charge is 0.253 e. The average Bonchev–Trinajstić information content (AvgIpc) is 3.49. The van der Waals surface area contributed by atoms with Crippen LogP contribution in [-0.2, 0) is 14.8 Å². The van der Waals surface area contributed by atoms with Gasteiger partial charge in [0.1, 0.15) is 10.3 Å². The minimum absolute atomic E-state index is 0.154. The summed E-state index contributed by atoms with van der Waals surface area (Å²) in [5.41, 5.74) is 1.74. The van der Waals surface area contributed by atoms with Gasteiger partial charge >= 0.3 is 0 Å². The van der Waals surface area contributed by atoms with Gasteiger partial charge in [0, 0.05) is 18.1 Å². The molecule has 0 aliphatic carbocycles. The summed E-state index contributed by atoms with van der Waals surface area (Å²) in [6, 6.07) is 5.98. The van der Waals surface area contributed by atoms with Gasteiger partial charge in [-0.3, -0.25) is 9.69 Å². The fourth-order valence-electron chi connectivity index (χ4n) is 4.11. The van der Waals surface area contributed by atoms with E-state index in [-0.39, 0.29) is 10.1 Å². The third-order valence-corrected chi connectivity index (χ3v) is 10.6. The second-order valence-corrected chi connectivity index (χ2v) is 13.8. The number of thiazole rings is 1. The average molecular weight is 562 g/mol. The lowest BCUT2D eigenvalue weighted by molar-refractivity contribution is -0.121. The van der Waals surface area contributed by atoms with Crippen molar-refractivity contribution in [3.05, 3.63) is 39.2 Å². The van der Waals surface area contributed by atoms with Gasteiger partial charge in [0.15, 0.2) is 5.13 Å². The molecule has 0 bridgehead atoms. The zero-order valence-corrected chi connectivity index (χ0v) is 23.1. The van der Waals surface area contributed by atoms with E-state index in [0.29, 0.717) is 40.4 Å².